The van der Waals surface area contributed by atoms with E-state index in [2.05, 4.69) is 16.4 Å². The number of rotatable bonds is 1. The summed E-state index contributed by atoms with van der Waals surface area (Å²) in [4.78, 5) is 9.34. The molecule has 2 aromatic carbocycles. The molecule has 2 aromatic rings. The van der Waals surface area contributed by atoms with Crippen molar-refractivity contribution in [2.75, 3.05) is 12.1 Å². The zero-order valence-electron chi connectivity index (χ0n) is 14.8. The molecule has 0 radical (unpaired) electrons. The van der Waals surface area contributed by atoms with Crippen molar-refractivity contribution < 1.29 is 9.47 Å². The van der Waals surface area contributed by atoms with Crippen molar-refractivity contribution in [2.45, 2.75) is 19.8 Å². The minimum absolute atomic E-state index is 0.258. The molecule has 3 aliphatic heterocycles. The molecule has 0 spiro atoms. The smallest absolute Gasteiger partial charge is 0.231 e. The standard InChI is InChI=1S/C21H18ClN3O2/c1-12-3-2-4-16(22)20(12)25-21-15-6-13(9-23-10-15)5-14-7-18-19(27-11-26-18)8-17(14)24-21/h2-4,7-10,13H,5-6,11H2,1H3,(H,24,25). The molecular weight excluding hydrogens is 362 g/mol. The van der Waals surface area contributed by atoms with Crippen LogP contribution in [-0.4, -0.2) is 18.8 Å². The summed E-state index contributed by atoms with van der Waals surface area (Å²) >= 11 is 6.41. The fraction of sp³-hybridized carbons (Fsp3) is 0.238. The van der Waals surface area contributed by atoms with Gasteiger partial charge in [0.2, 0.25) is 6.79 Å². The molecule has 0 aromatic heterocycles. The molecule has 2 bridgehead atoms. The molecule has 5 nitrogen and oxygen atoms in total. The predicted octanol–water partition coefficient (Wildman–Crippen LogP) is 5.05. The third-order valence-corrected chi connectivity index (χ3v) is 5.36. The highest BCUT2D eigenvalue weighted by atomic mass is 35.5. The number of fused-ring (bicyclic) bond motifs is 4. The van der Waals surface area contributed by atoms with Crippen LogP contribution in [0.15, 0.2) is 52.1 Å². The Balaban J connectivity index is 1.65. The fourth-order valence-corrected chi connectivity index (χ4v) is 3.93. The van der Waals surface area contributed by atoms with Gasteiger partial charge in [-0.25, -0.2) is 4.99 Å². The first-order chi connectivity index (χ1) is 13.2. The molecule has 0 saturated carbocycles. The summed E-state index contributed by atoms with van der Waals surface area (Å²) < 4.78 is 11.1. The molecule has 1 unspecified atom stereocenters. The Morgan fingerprint density at radius 3 is 2.89 bits per heavy atom. The summed E-state index contributed by atoms with van der Waals surface area (Å²) in [6.07, 6.45) is 5.67. The normalized spacial score (nSPS) is 21.2. The van der Waals surface area contributed by atoms with E-state index in [1.165, 1.54) is 5.56 Å². The topological polar surface area (TPSA) is 55.2 Å². The van der Waals surface area contributed by atoms with Gasteiger partial charge in [0.1, 0.15) is 5.84 Å². The van der Waals surface area contributed by atoms with Crippen LogP contribution < -0.4 is 14.8 Å². The van der Waals surface area contributed by atoms with Crippen LogP contribution >= 0.6 is 11.6 Å². The van der Waals surface area contributed by atoms with Crippen molar-refractivity contribution in [3.8, 4) is 11.5 Å². The fourth-order valence-electron chi connectivity index (χ4n) is 3.66. The second-order valence-electron chi connectivity index (χ2n) is 6.97. The number of nitrogens with zero attached hydrogens (tertiary/aromatic N) is 2. The maximum absolute atomic E-state index is 6.41. The van der Waals surface area contributed by atoms with Crippen LogP contribution in [0.2, 0.25) is 5.02 Å². The van der Waals surface area contributed by atoms with Gasteiger partial charge in [0.05, 0.1) is 10.7 Å². The summed E-state index contributed by atoms with van der Waals surface area (Å²) in [5.74, 6) is 2.64. The summed E-state index contributed by atoms with van der Waals surface area (Å²) in [5, 5.41) is 4.13. The molecule has 3 aliphatic rings. The number of hydrogen-bond acceptors (Lipinski definition) is 4. The second kappa shape index (κ2) is 6.43. The van der Waals surface area contributed by atoms with E-state index in [9.17, 15) is 0 Å². The van der Waals surface area contributed by atoms with Crippen molar-refractivity contribution in [3.05, 3.63) is 58.3 Å². The van der Waals surface area contributed by atoms with Crippen LogP contribution in [0.3, 0.4) is 0 Å². The molecule has 136 valence electrons. The first-order valence-corrected chi connectivity index (χ1v) is 9.31. The Labute approximate surface area is 162 Å². The van der Waals surface area contributed by atoms with Gasteiger partial charge in [0.15, 0.2) is 11.5 Å². The Bertz CT molecular complexity index is 1010. The van der Waals surface area contributed by atoms with Crippen LogP contribution in [0.1, 0.15) is 17.5 Å². The summed E-state index contributed by atoms with van der Waals surface area (Å²) in [6.45, 7) is 2.27. The van der Waals surface area contributed by atoms with Gasteiger partial charge in [-0.3, -0.25) is 4.99 Å². The van der Waals surface area contributed by atoms with Crippen LogP contribution in [0.25, 0.3) is 0 Å². The molecular formula is C21H18ClN3O2. The van der Waals surface area contributed by atoms with Crippen LogP contribution in [0, 0.1) is 12.8 Å². The molecule has 5 rings (SSSR count). The lowest BCUT2D eigenvalue weighted by atomic mass is 9.89. The average Bonchev–Trinajstić information content (AvgIpc) is 3.10. The molecule has 27 heavy (non-hydrogen) atoms. The highest BCUT2D eigenvalue weighted by Crippen LogP contribution is 2.40. The monoisotopic (exact) mass is 379 g/mol. The zero-order valence-corrected chi connectivity index (χ0v) is 15.6. The summed E-state index contributed by atoms with van der Waals surface area (Å²) in [7, 11) is 0. The van der Waals surface area contributed by atoms with Gasteiger partial charge in [-0.1, -0.05) is 23.7 Å². The number of hydrogen-bond donors (Lipinski definition) is 1. The lowest BCUT2D eigenvalue weighted by molar-refractivity contribution is 0.174. The third kappa shape index (κ3) is 2.98. The van der Waals surface area contributed by atoms with Crippen LogP contribution in [0.4, 0.5) is 11.4 Å². The number of nitrogens with one attached hydrogen (secondary N) is 1. The van der Waals surface area contributed by atoms with Gasteiger partial charge in [-0.05, 0) is 43.0 Å². The minimum Gasteiger partial charge on any atom is -0.454 e. The lowest BCUT2D eigenvalue weighted by Gasteiger charge is -2.26. The Kier molecular flexibility index (Phi) is 3.90. The molecule has 1 atom stereocenters. The lowest BCUT2D eigenvalue weighted by Crippen LogP contribution is -2.24. The molecule has 0 fully saturated rings. The van der Waals surface area contributed by atoms with E-state index in [4.69, 9.17) is 26.1 Å². The number of para-hydroxylation sites is 1. The van der Waals surface area contributed by atoms with Gasteiger partial charge in [-0.15, -0.1) is 0 Å². The van der Waals surface area contributed by atoms with Crippen molar-refractivity contribution in [3.63, 3.8) is 0 Å². The van der Waals surface area contributed by atoms with Gasteiger partial charge in [0.25, 0.3) is 0 Å². The maximum atomic E-state index is 6.41. The van der Waals surface area contributed by atoms with Gasteiger partial charge < -0.3 is 14.8 Å². The molecule has 0 amide bonds. The maximum Gasteiger partial charge on any atom is 0.231 e. The Morgan fingerprint density at radius 2 is 2.04 bits per heavy atom. The number of anilines is 1. The number of amidine groups is 1. The average molecular weight is 380 g/mol. The second-order valence-corrected chi connectivity index (χ2v) is 7.38. The molecule has 1 N–H and O–H groups in total. The van der Waals surface area contributed by atoms with Crippen LogP contribution in [0.5, 0.6) is 11.5 Å². The van der Waals surface area contributed by atoms with Gasteiger partial charge in [0, 0.05) is 35.7 Å². The van der Waals surface area contributed by atoms with Crippen molar-refractivity contribution in [1.29, 1.82) is 0 Å². The van der Waals surface area contributed by atoms with E-state index in [-0.39, 0.29) is 6.79 Å². The molecule has 6 heteroatoms. The SMILES string of the molecule is Cc1cccc(Cl)c1N=C1Nc2cc3c(cc2CC2C=NC=C1C2)OCO3. The first kappa shape index (κ1) is 16.4. The van der Waals surface area contributed by atoms with E-state index >= 15 is 0 Å². The van der Waals surface area contributed by atoms with Crippen molar-refractivity contribution in [2.24, 2.45) is 15.9 Å². The van der Waals surface area contributed by atoms with E-state index in [1.54, 1.807) is 0 Å². The number of aliphatic imine (C=N–C) groups is 2. The first-order valence-electron chi connectivity index (χ1n) is 8.93. The third-order valence-electron chi connectivity index (χ3n) is 5.06. The van der Waals surface area contributed by atoms with Gasteiger partial charge >= 0.3 is 0 Å². The predicted molar refractivity (Wildman–Crippen MR) is 108 cm³/mol. The minimum atomic E-state index is 0.258. The van der Waals surface area contributed by atoms with Crippen LogP contribution in [-0.2, 0) is 6.42 Å². The summed E-state index contributed by atoms with van der Waals surface area (Å²) in [5.41, 5.74) is 5.02. The molecule has 0 saturated heterocycles. The largest absolute Gasteiger partial charge is 0.454 e. The van der Waals surface area contributed by atoms with Gasteiger partial charge in [-0.2, -0.15) is 0 Å². The zero-order chi connectivity index (χ0) is 18.4. The Hall–Kier alpha value is -2.79. The molecule has 3 heterocycles. The quantitative estimate of drug-likeness (QED) is 0.754. The molecule has 0 aliphatic carbocycles. The number of halogens is 1. The van der Waals surface area contributed by atoms with E-state index in [1.807, 2.05) is 43.6 Å². The highest BCUT2D eigenvalue weighted by Gasteiger charge is 2.26. The number of aryl methyl sites for hydroxylation is 1. The van der Waals surface area contributed by atoms with E-state index < -0.39 is 0 Å². The van der Waals surface area contributed by atoms with Crippen molar-refractivity contribution in [1.82, 2.24) is 0 Å². The van der Waals surface area contributed by atoms with Crippen molar-refractivity contribution >= 4 is 35.0 Å². The number of ether oxygens (including phenoxy) is 2. The highest BCUT2D eigenvalue weighted by molar-refractivity contribution is 6.33. The Morgan fingerprint density at radius 1 is 1.19 bits per heavy atom. The number of benzene rings is 2. The van der Waals surface area contributed by atoms with E-state index in [0.29, 0.717) is 10.9 Å². The summed E-state index contributed by atoms with van der Waals surface area (Å²) in [6, 6.07) is 9.85. The van der Waals surface area contributed by atoms with E-state index in [0.717, 1.165) is 52.7 Å².